The molecule has 1 aromatic carbocycles. The Morgan fingerprint density at radius 2 is 1.80 bits per heavy atom. The first-order valence-electron chi connectivity index (χ1n) is 5.56. The topological polar surface area (TPSA) is 0 Å². The van der Waals surface area contributed by atoms with Crippen LogP contribution in [0, 0.1) is 19.8 Å². The predicted molar refractivity (Wildman–Crippen MR) is 66.8 cm³/mol. The minimum atomic E-state index is 0.561. The molecule has 1 unspecified atom stereocenters. The number of aryl methyl sites for hydroxylation is 2. The van der Waals surface area contributed by atoms with Gasteiger partial charge in [-0.2, -0.15) is 0 Å². The molecule has 0 radical (unpaired) electrons. The Morgan fingerprint density at radius 1 is 1.07 bits per heavy atom. The molecule has 15 heavy (non-hydrogen) atoms. The molecule has 0 aromatic heterocycles. The van der Waals surface area contributed by atoms with Crippen molar-refractivity contribution in [2.75, 3.05) is 0 Å². The van der Waals surface area contributed by atoms with Crippen molar-refractivity contribution in [2.24, 2.45) is 5.92 Å². The molecule has 0 saturated heterocycles. The summed E-state index contributed by atoms with van der Waals surface area (Å²) in [4.78, 5) is 0. The van der Waals surface area contributed by atoms with Crippen LogP contribution in [0.1, 0.15) is 30.5 Å². The van der Waals surface area contributed by atoms with Gasteiger partial charge in [0.15, 0.2) is 0 Å². The van der Waals surface area contributed by atoms with Gasteiger partial charge in [0.1, 0.15) is 0 Å². The van der Waals surface area contributed by atoms with Crippen molar-refractivity contribution in [3.8, 4) is 0 Å². The standard InChI is InChI=1S/C15H18/c1-10-5-6-11(2)14(9-10)15-12(3)7-8-13(15)4/h5-9,12H,1-4H3. The molecule has 0 spiro atoms. The highest BCUT2D eigenvalue weighted by molar-refractivity contribution is 5.78. The van der Waals surface area contributed by atoms with Gasteiger partial charge in [-0.15, -0.1) is 0 Å². The van der Waals surface area contributed by atoms with Crippen LogP contribution in [-0.2, 0) is 0 Å². The van der Waals surface area contributed by atoms with E-state index in [2.05, 4.69) is 58.0 Å². The molecule has 0 aliphatic heterocycles. The fourth-order valence-corrected chi connectivity index (χ4v) is 2.32. The Labute approximate surface area is 92.3 Å². The van der Waals surface area contributed by atoms with Gasteiger partial charge in [0.05, 0.1) is 0 Å². The highest BCUT2D eigenvalue weighted by Crippen LogP contribution is 2.35. The zero-order valence-corrected chi connectivity index (χ0v) is 9.96. The number of benzene rings is 1. The summed E-state index contributed by atoms with van der Waals surface area (Å²) in [5, 5.41) is 0. The molecule has 0 amide bonds. The molecule has 0 saturated carbocycles. The van der Waals surface area contributed by atoms with Crippen LogP contribution in [0.5, 0.6) is 0 Å². The average molecular weight is 198 g/mol. The second kappa shape index (κ2) is 3.69. The van der Waals surface area contributed by atoms with E-state index in [9.17, 15) is 0 Å². The van der Waals surface area contributed by atoms with Crippen molar-refractivity contribution >= 4 is 5.57 Å². The molecule has 1 aromatic rings. The maximum atomic E-state index is 2.30. The van der Waals surface area contributed by atoms with Gasteiger partial charge in [0, 0.05) is 5.92 Å². The number of rotatable bonds is 1. The monoisotopic (exact) mass is 198 g/mol. The van der Waals surface area contributed by atoms with E-state index in [1.54, 1.807) is 0 Å². The minimum Gasteiger partial charge on any atom is -0.0770 e. The van der Waals surface area contributed by atoms with Gasteiger partial charge in [-0.1, -0.05) is 42.8 Å². The van der Waals surface area contributed by atoms with Crippen LogP contribution in [-0.4, -0.2) is 0 Å². The number of allylic oxidation sites excluding steroid dienone is 4. The molecule has 1 aliphatic carbocycles. The summed E-state index contributed by atoms with van der Waals surface area (Å²) in [5.74, 6) is 0.561. The summed E-state index contributed by atoms with van der Waals surface area (Å²) >= 11 is 0. The summed E-state index contributed by atoms with van der Waals surface area (Å²) in [7, 11) is 0. The molecule has 78 valence electrons. The molecule has 0 fully saturated rings. The van der Waals surface area contributed by atoms with Gasteiger partial charge in [0.2, 0.25) is 0 Å². The number of hydrogen-bond acceptors (Lipinski definition) is 0. The van der Waals surface area contributed by atoms with Gasteiger partial charge < -0.3 is 0 Å². The Hall–Kier alpha value is -1.30. The molecule has 2 rings (SSSR count). The van der Waals surface area contributed by atoms with E-state index < -0.39 is 0 Å². The van der Waals surface area contributed by atoms with E-state index in [4.69, 9.17) is 0 Å². The van der Waals surface area contributed by atoms with Gasteiger partial charge in [-0.3, -0.25) is 0 Å². The molecule has 1 atom stereocenters. The summed E-state index contributed by atoms with van der Waals surface area (Å²) in [5.41, 5.74) is 7.05. The van der Waals surface area contributed by atoms with Crippen molar-refractivity contribution in [2.45, 2.75) is 27.7 Å². The quantitative estimate of drug-likeness (QED) is 0.631. The fourth-order valence-electron chi connectivity index (χ4n) is 2.32. The summed E-state index contributed by atoms with van der Waals surface area (Å²) in [6.45, 7) is 8.83. The van der Waals surface area contributed by atoms with E-state index >= 15 is 0 Å². The lowest BCUT2D eigenvalue weighted by Crippen LogP contribution is -1.96. The third-order valence-corrected chi connectivity index (χ3v) is 3.20. The molecule has 0 heterocycles. The van der Waals surface area contributed by atoms with Crippen LogP contribution in [0.3, 0.4) is 0 Å². The Kier molecular flexibility index (Phi) is 2.52. The van der Waals surface area contributed by atoms with Crippen LogP contribution < -0.4 is 0 Å². The smallest absolute Gasteiger partial charge is 0.000144 e. The first-order chi connectivity index (χ1) is 7.09. The Balaban J connectivity index is 2.55. The highest BCUT2D eigenvalue weighted by Gasteiger charge is 2.17. The largest absolute Gasteiger partial charge is 0.0770 e. The average Bonchev–Trinajstić information content (AvgIpc) is 2.51. The Bertz CT molecular complexity index is 447. The molecular weight excluding hydrogens is 180 g/mol. The van der Waals surface area contributed by atoms with Crippen LogP contribution in [0.2, 0.25) is 0 Å². The number of hydrogen-bond donors (Lipinski definition) is 0. The van der Waals surface area contributed by atoms with E-state index in [-0.39, 0.29) is 0 Å². The van der Waals surface area contributed by atoms with Gasteiger partial charge in [-0.25, -0.2) is 0 Å². The summed E-state index contributed by atoms with van der Waals surface area (Å²) in [6.07, 6.45) is 4.52. The zero-order valence-electron chi connectivity index (χ0n) is 9.96. The van der Waals surface area contributed by atoms with Crippen LogP contribution in [0.15, 0.2) is 35.9 Å². The fraction of sp³-hybridized carbons (Fsp3) is 0.333. The zero-order chi connectivity index (χ0) is 11.0. The van der Waals surface area contributed by atoms with Crippen molar-refractivity contribution < 1.29 is 0 Å². The molecule has 1 aliphatic rings. The van der Waals surface area contributed by atoms with Crippen LogP contribution >= 0.6 is 0 Å². The molecule has 0 heteroatoms. The lowest BCUT2D eigenvalue weighted by atomic mass is 9.90. The SMILES string of the molecule is CC1=C(c2cc(C)ccc2C)C(C)C=C1. The third kappa shape index (κ3) is 1.77. The second-order valence-corrected chi connectivity index (χ2v) is 4.56. The predicted octanol–water partition coefficient (Wildman–Crippen LogP) is 4.28. The van der Waals surface area contributed by atoms with Crippen LogP contribution in [0.4, 0.5) is 0 Å². The normalized spacial score (nSPS) is 20.1. The highest BCUT2D eigenvalue weighted by atomic mass is 14.2. The van der Waals surface area contributed by atoms with Crippen LogP contribution in [0.25, 0.3) is 5.57 Å². The van der Waals surface area contributed by atoms with E-state index in [1.807, 2.05) is 0 Å². The maximum Gasteiger partial charge on any atom is 0.000144 e. The maximum absolute atomic E-state index is 2.30. The van der Waals surface area contributed by atoms with E-state index in [1.165, 1.54) is 27.8 Å². The lowest BCUT2D eigenvalue weighted by molar-refractivity contribution is 0.975. The van der Waals surface area contributed by atoms with E-state index in [0.717, 1.165) is 0 Å². The molecule has 0 nitrogen and oxygen atoms in total. The first-order valence-corrected chi connectivity index (χ1v) is 5.56. The second-order valence-electron chi connectivity index (χ2n) is 4.56. The summed E-state index contributed by atoms with van der Waals surface area (Å²) in [6, 6.07) is 6.70. The van der Waals surface area contributed by atoms with Crippen molar-refractivity contribution in [1.29, 1.82) is 0 Å². The van der Waals surface area contributed by atoms with Crippen molar-refractivity contribution in [3.05, 3.63) is 52.6 Å². The molecular formula is C15H18. The third-order valence-electron chi connectivity index (χ3n) is 3.20. The summed E-state index contributed by atoms with van der Waals surface area (Å²) < 4.78 is 0. The molecule has 0 N–H and O–H groups in total. The van der Waals surface area contributed by atoms with Gasteiger partial charge in [0.25, 0.3) is 0 Å². The molecule has 0 bridgehead atoms. The Morgan fingerprint density at radius 3 is 2.40 bits per heavy atom. The van der Waals surface area contributed by atoms with Crippen molar-refractivity contribution in [1.82, 2.24) is 0 Å². The first kappa shape index (κ1) is 10.2. The van der Waals surface area contributed by atoms with Gasteiger partial charge >= 0.3 is 0 Å². The lowest BCUT2D eigenvalue weighted by Gasteiger charge is -2.14. The van der Waals surface area contributed by atoms with E-state index in [0.29, 0.717) is 5.92 Å². The minimum absolute atomic E-state index is 0.561. The van der Waals surface area contributed by atoms with Gasteiger partial charge in [-0.05, 0) is 43.0 Å². The van der Waals surface area contributed by atoms with Crippen molar-refractivity contribution in [3.63, 3.8) is 0 Å².